The Kier molecular flexibility index (Phi) is 4.60. The van der Waals surface area contributed by atoms with Crippen LogP contribution in [0.2, 0.25) is 0 Å². The molecule has 1 aliphatic rings. The number of benzene rings is 1. The van der Waals surface area contributed by atoms with Gasteiger partial charge in [0.25, 0.3) is 5.91 Å². The quantitative estimate of drug-likeness (QED) is 0.783. The number of carbonyl (C=O) groups is 1. The molecular formula is C13H16BrNO3. The molecule has 4 nitrogen and oxygen atoms in total. The van der Waals surface area contributed by atoms with Gasteiger partial charge in [0.05, 0.1) is 12.2 Å². The van der Waals surface area contributed by atoms with Crippen LogP contribution in [0.25, 0.3) is 0 Å². The maximum atomic E-state index is 12.2. The van der Waals surface area contributed by atoms with Gasteiger partial charge in [0.1, 0.15) is 12.4 Å². The zero-order chi connectivity index (χ0) is 13.0. The van der Waals surface area contributed by atoms with Crippen molar-refractivity contribution in [1.82, 2.24) is 4.90 Å². The van der Waals surface area contributed by atoms with E-state index >= 15 is 0 Å². The summed E-state index contributed by atoms with van der Waals surface area (Å²) in [6, 6.07) is 5.48. The van der Waals surface area contributed by atoms with Crippen LogP contribution in [0.5, 0.6) is 5.75 Å². The van der Waals surface area contributed by atoms with Crippen LogP contribution in [0.15, 0.2) is 22.7 Å². The van der Waals surface area contributed by atoms with Crippen LogP contribution in [0.1, 0.15) is 16.8 Å². The zero-order valence-electron chi connectivity index (χ0n) is 10.3. The summed E-state index contributed by atoms with van der Waals surface area (Å²) >= 11 is 3.39. The van der Waals surface area contributed by atoms with E-state index in [9.17, 15) is 4.79 Å². The monoisotopic (exact) mass is 313 g/mol. The molecule has 0 saturated carbocycles. The molecule has 1 saturated heterocycles. The standard InChI is InChI=1S/C13H16BrNO3/c1-17-7-8-18-12-9-10(14)3-4-11(12)13(16)15-5-2-6-15/h3-4,9H,2,5-8H2,1H3. The van der Waals surface area contributed by atoms with Gasteiger partial charge in [-0.2, -0.15) is 0 Å². The number of nitrogens with zero attached hydrogens (tertiary/aromatic N) is 1. The van der Waals surface area contributed by atoms with Crippen molar-refractivity contribution in [3.63, 3.8) is 0 Å². The number of hydrogen-bond donors (Lipinski definition) is 0. The number of amides is 1. The topological polar surface area (TPSA) is 38.8 Å². The number of methoxy groups -OCH3 is 1. The summed E-state index contributed by atoms with van der Waals surface area (Å²) in [5.74, 6) is 0.652. The van der Waals surface area contributed by atoms with Crippen molar-refractivity contribution in [2.24, 2.45) is 0 Å². The smallest absolute Gasteiger partial charge is 0.257 e. The fourth-order valence-electron chi connectivity index (χ4n) is 1.72. The third-order valence-electron chi connectivity index (χ3n) is 2.86. The second-order valence-corrected chi connectivity index (χ2v) is 5.04. The van der Waals surface area contributed by atoms with Crippen LogP contribution >= 0.6 is 15.9 Å². The molecule has 0 aromatic heterocycles. The van der Waals surface area contributed by atoms with Crippen molar-refractivity contribution in [2.75, 3.05) is 33.4 Å². The first-order valence-electron chi connectivity index (χ1n) is 5.93. The first-order valence-corrected chi connectivity index (χ1v) is 6.72. The van der Waals surface area contributed by atoms with Crippen LogP contribution in [-0.4, -0.2) is 44.2 Å². The second-order valence-electron chi connectivity index (χ2n) is 4.13. The Hall–Kier alpha value is -1.07. The van der Waals surface area contributed by atoms with Gasteiger partial charge in [0.15, 0.2) is 0 Å². The summed E-state index contributed by atoms with van der Waals surface area (Å²) in [6.07, 6.45) is 1.09. The lowest BCUT2D eigenvalue weighted by Crippen LogP contribution is -2.42. The molecule has 98 valence electrons. The van der Waals surface area contributed by atoms with E-state index in [1.54, 1.807) is 13.2 Å². The highest BCUT2D eigenvalue weighted by atomic mass is 79.9. The van der Waals surface area contributed by atoms with Gasteiger partial charge in [-0.05, 0) is 24.6 Å². The molecule has 0 unspecified atom stereocenters. The van der Waals surface area contributed by atoms with Gasteiger partial charge in [0, 0.05) is 24.7 Å². The van der Waals surface area contributed by atoms with E-state index in [4.69, 9.17) is 9.47 Å². The number of hydrogen-bond acceptors (Lipinski definition) is 3. The predicted molar refractivity (Wildman–Crippen MR) is 72.0 cm³/mol. The van der Waals surface area contributed by atoms with Gasteiger partial charge in [-0.1, -0.05) is 15.9 Å². The van der Waals surface area contributed by atoms with E-state index in [1.165, 1.54) is 0 Å². The molecule has 18 heavy (non-hydrogen) atoms. The lowest BCUT2D eigenvalue weighted by Gasteiger charge is -2.31. The molecule has 1 amide bonds. The van der Waals surface area contributed by atoms with Crippen molar-refractivity contribution in [3.8, 4) is 5.75 Å². The lowest BCUT2D eigenvalue weighted by atomic mass is 10.1. The molecule has 1 aromatic carbocycles. The molecule has 0 aliphatic carbocycles. The number of carbonyl (C=O) groups excluding carboxylic acids is 1. The molecule has 0 atom stereocenters. The van der Waals surface area contributed by atoms with Crippen molar-refractivity contribution in [3.05, 3.63) is 28.2 Å². The minimum absolute atomic E-state index is 0.0427. The maximum Gasteiger partial charge on any atom is 0.257 e. The highest BCUT2D eigenvalue weighted by molar-refractivity contribution is 9.10. The average Bonchev–Trinajstić information content (AvgIpc) is 2.27. The SMILES string of the molecule is COCCOc1cc(Br)ccc1C(=O)N1CCC1. The van der Waals surface area contributed by atoms with Gasteiger partial charge >= 0.3 is 0 Å². The highest BCUT2D eigenvalue weighted by Gasteiger charge is 2.24. The summed E-state index contributed by atoms with van der Waals surface area (Å²) in [5, 5.41) is 0. The average molecular weight is 314 g/mol. The first-order chi connectivity index (χ1) is 8.72. The Morgan fingerprint density at radius 2 is 2.17 bits per heavy atom. The van der Waals surface area contributed by atoms with E-state index < -0.39 is 0 Å². The van der Waals surface area contributed by atoms with E-state index in [-0.39, 0.29) is 5.91 Å². The van der Waals surface area contributed by atoms with E-state index in [0.717, 1.165) is 24.0 Å². The van der Waals surface area contributed by atoms with Crippen molar-refractivity contribution >= 4 is 21.8 Å². The molecule has 0 spiro atoms. The Morgan fingerprint density at radius 1 is 1.39 bits per heavy atom. The molecule has 0 radical (unpaired) electrons. The molecular weight excluding hydrogens is 298 g/mol. The van der Waals surface area contributed by atoms with Crippen LogP contribution in [-0.2, 0) is 4.74 Å². The Balaban J connectivity index is 2.14. The molecule has 1 heterocycles. The van der Waals surface area contributed by atoms with Crippen LogP contribution in [0.3, 0.4) is 0 Å². The fraction of sp³-hybridized carbons (Fsp3) is 0.462. The van der Waals surface area contributed by atoms with Crippen LogP contribution in [0.4, 0.5) is 0 Å². The molecule has 1 fully saturated rings. The third-order valence-corrected chi connectivity index (χ3v) is 3.36. The van der Waals surface area contributed by atoms with Gasteiger partial charge in [-0.25, -0.2) is 0 Å². The summed E-state index contributed by atoms with van der Waals surface area (Å²) < 4.78 is 11.4. The van der Waals surface area contributed by atoms with Gasteiger partial charge in [-0.15, -0.1) is 0 Å². The lowest BCUT2D eigenvalue weighted by molar-refractivity contribution is 0.0645. The summed E-state index contributed by atoms with van der Waals surface area (Å²) in [7, 11) is 1.62. The largest absolute Gasteiger partial charge is 0.490 e. The zero-order valence-corrected chi connectivity index (χ0v) is 11.9. The number of rotatable bonds is 5. The Bertz CT molecular complexity index is 432. The van der Waals surface area contributed by atoms with E-state index in [2.05, 4.69) is 15.9 Å². The summed E-state index contributed by atoms with van der Waals surface area (Å²) in [4.78, 5) is 14.0. The first kappa shape index (κ1) is 13.4. The minimum Gasteiger partial charge on any atom is -0.490 e. The van der Waals surface area contributed by atoms with E-state index in [1.807, 2.05) is 17.0 Å². The van der Waals surface area contributed by atoms with Crippen molar-refractivity contribution < 1.29 is 14.3 Å². The van der Waals surface area contributed by atoms with Crippen molar-refractivity contribution in [2.45, 2.75) is 6.42 Å². The molecule has 1 aromatic rings. The second kappa shape index (κ2) is 6.20. The predicted octanol–water partition coefficient (Wildman–Crippen LogP) is 2.32. The summed E-state index contributed by atoms with van der Waals surface area (Å²) in [6.45, 7) is 2.62. The van der Waals surface area contributed by atoms with Gasteiger partial charge in [-0.3, -0.25) is 4.79 Å². The normalized spacial score (nSPS) is 14.2. The van der Waals surface area contributed by atoms with Gasteiger partial charge < -0.3 is 14.4 Å². The summed E-state index contributed by atoms with van der Waals surface area (Å²) in [5.41, 5.74) is 0.619. The third kappa shape index (κ3) is 3.03. The Morgan fingerprint density at radius 3 is 2.78 bits per heavy atom. The number of halogens is 1. The number of likely N-dealkylation sites (tertiary alicyclic amines) is 1. The van der Waals surface area contributed by atoms with Gasteiger partial charge in [0.2, 0.25) is 0 Å². The van der Waals surface area contributed by atoms with Crippen LogP contribution in [0, 0.1) is 0 Å². The molecule has 1 aliphatic heterocycles. The maximum absolute atomic E-state index is 12.2. The van der Waals surface area contributed by atoms with Crippen LogP contribution < -0.4 is 4.74 Å². The molecule has 5 heteroatoms. The Labute approximate surface area is 115 Å². The molecule has 0 bridgehead atoms. The number of ether oxygens (including phenoxy) is 2. The van der Waals surface area contributed by atoms with E-state index in [0.29, 0.717) is 24.5 Å². The molecule has 0 N–H and O–H groups in total. The highest BCUT2D eigenvalue weighted by Crippen LogP contribution is 2.26. The van der Waals surface area contributed by atoms with Crippen molar-refractivity contribution in [1.29, 1.82) is 0 Å². The molecule has 2 rings (SSSR count). The fourth-order valence-corrected chi connectivity index (χ4v) is 2.06. The minimum atomic E-state index is 0.0427.